The van der Waals surface area contributed by atoms with E-state index in [9.17, 15) is 34.5 Å². The lowest BCUT2D eigenvalue weighted by atomic mass is 9.76. The number of methoxy groups -OCH3 is 7. The van der Waals surface area contributed by atoms with E-state index < -0.39 is 100 Å². The predicted molar refractivity (Wildman–Crippen MR) is 456 cm³/mol. The molecule has 0 heterocycles. The molecule has 0 fully saturated rings. The minimum atomic E-state index is -2.37. The Bertz CT molecular complexity index is 3020. The Balaban J connectivity index is -0.00000214. The van der Waals surface area contributed by atoms with Crippen molar-refractivity contribution in [3.05, 3.63) is 94.1 Å². The number of carboxylic acid groups (broad SMARTS) is 1. The van der Waals surface area contributed by atoms with Crippen LogP contribution in [-0.4, -0.2) is 247 Å². The third-order valence-electron chi connectivity index (χ3n) is 21.3. The topological polar surface area (TPSA) is 304 Å². The van der Waals surface area contributed by atoms with Crippen LogP contribution in [0.15, 0.2) is 71.8 Å². The zero-order chi connectivity index (χ0) is 87.8. The second kappa shape index (κ2) is 58.5. The lowest BCUT2D eigenvalue weighted by Crippen LogP contribution is -2.47. The van der Waals surface area contributed by atoms with Crippen LogP contribution >= 0.6 is 0 Å². The fourth-order valence-electron chi connectivity index (χ4n) is 11.8. The highest BCUT2D eigenvalue weighted by Gasteiger charge is 2.46. The molecule has 3 N–H and O–H groups in total. The number of esters is 3. The molecule has 115 heavy (non-hydrogen) atoms. The standard InChI is InChI=1S/C43H76O13Si.C42H74O13Si.2CH4.H2/c1-15-32(27-52-30-51-21-20-47-9)22-31(3)36(44)25-35(56-57(13,14)42(4,5)6)26-38(55-39(45)16-2)43(7,8)34-19-17-18-33(23-34)24-37(53-28-48-10)40(41(46)50-12)54-29-49-11;1-14-31(26-51-29-50-20-19-47-9)21-30(3)35(43)24-34(55-56(12,13)41(4,5)6)25-37(54-38(44)15-2)42(7,8)33-18-16-17-32(22-33)23-36(52-27-48-10)39(40(45)46)53-28-49-11;;;/h17-19,22-23,32,35-38,40,44H,15-16,20-21,24-30H2,1-14H3;16-18,21-22,31,34-37,39,43H,14-15,19-20,23-29H2,1-13H3,(H,45,46);2*1H4;1H/b31-22-;30-21-;;;/t32-,35-,36+,37-,38+,40+;31-,34-,35+,36-,37+,39+;;;/m11.../s1/i;;;;1+1D. The summed E-state index contributed by atoms with van der Waals surface area (Å²) >= 11 is 0. The molecule has 0 spiro atoms. The van der Waals surface area contributed by atoms with E-state index in [1.54, 1.807) is 28.1 Å². The molecule has 0 amide bonds. The van der Waals surface area contributed by atoms with Gasteiger partial charge in [0.15, 0.2) is 28.8 Å². The maximum absolute atomic E-state index is 13.1. The lowest BCUT2D eigenvalue weighted by molar-refractivity contribution is -0.187. The summed E-state index contributed by atoms with van der Waals surface area (Å²) < 4.78 is 117. The number of hydrogen-bond donors (Lipinski definition) is 3. The van der Waals surface area contributed by atoms with Crippen LogP contribution in [-0.2, 0) is 132 Å². The number of carboxylic acids is 1. The molecule has 0 saturated heterocycles. The Morgan fingerprint density at radius 2 is 0.826 bits per heavy atom. The normalized spacial score (nSPS) is 15.9. The highest BCUT2D eigenvalue weighted by atomic mass is 28.4. The van der Waals surface area contributed by atoms with Crippen LogP contribution in [0.2, 0.25) is 36.3 Å². The van der Waals surface area contributed by atoms with Gasteiger partial charge in [-0.05, 0) is 96.4 Å². The van der Waals surface area contributed by atoms with Crippen LogP contribution in [0, 0.1) is 11.8 Å². The van der Waals surface area contributed by atoms with Crippen LogP contribution < -0.4 is 0 Å². The fraction of sp³-hybridized carbons (Fsp3) is 0.770. The Hall–Kier alpha value is -4.49. The van der Waals surface area contributed by atoms with Crippen molar-refractivity contribution in [2.24, 2.45) is 11.8 Å². The molecule has 0 unspecified atom stereocenters. The predicted octanol–water partition coefficient (Wildman–Crippen LogP) is 15.7. The van der Waals surface area contributed by atoms with Crippen LogP contribution in [0.5, 0.6) is 0 Å². The third kappa shape index (κ3) is 42.0. The van der Waals surface area contributed by atoms with Crippen LogP contribution in [0.4, 0.5) is 0 Å². The summed E-state index contributed by atoms with van der Waals surface area (Å²) in [5.74, 6) is -2.29. The van der Waals surface area contributed by atoms with E-state index in [1.807, 2.05) is 90.1 Å². The number of aliphatic carboxylic acids is 1. The average molecular weight is 1680 g/mol. The molecule has 2 aromatic carbocycles. The molecule has 0 saturated carbocycles. The molecule has 28 heteroatoms. The molecule has 0 aliphatic heterocycles. The van der Waals surface area contributed by atoms with Gasteiger partial charge >= 0.3 is 23.9 Å². The van der Waals surface area contributed by atoms with Crippen LogP contribution in [0.1, 0.15) is 202 Å². The van der Waals surface area contributed by atoms with Gasteiger partial charge in [-0.2, -0.15) is 0 Å². The quantitative estimate of drug-likeness (QED) is 0.0138. The second-order valence-electron chi connectivity index (χ2n) is 32.9. The molecule has 2 aromatic rings. The van der Waals surface area contributed by atoms with Crippen molar-refractivity contribution in [1.82, 2.24) is 0 Å². The molecule has 2 rings (SSSR count). The summed E-state index contributed by atoms with van der Waals surface area (Å²) in [5, 5.41) is 33.1. The molecule has 0 aliphatic rings. The first-order valence-corrected chi connectivity index (χ1v) is 45.6. The molecule has 12 atom stereocenters. The van der Waals surface area contributed by atoms with Crippen molar-refractivity contribution >= 4 is 40.5 Å². The number of hydrogen-bond acceptors (Lipinski definition) is 25. The fourth-order valence-corrected chi connectivity index (χ4v) is 14.5. The van der Waals surface area contributed by atoms with Gasteiger partial charge in [-0.15, -0.1) is 0 Å². The molecule has 672 valence electrons. The summed E-state index contributed by atoms with van der Waals surface area (Å²) in [5.41, 5.74) is 3.64. The van der Waals surface area contributed by atoms with Crippen molar-refractivity contribution in [1.29, 1.82) is 0 Å². The van der Waals surface area contributed by atoms with Crippen molar-refractivity contribution in [2.75, 3.05) is 130 Å². The SMILES string of the molecule is C.C.CCC(=O)O[C@@H](C[C@@H](C[C@H](O)/C(C)=C\[C@@H](CC)COCOCCOC)O[Si](C)(C)C(C)(C)C)C(C)(C)c1cccc(C[C@@H](OCOC)[C@H](OCOC)C(=O)O)c1.CCC(=O)O[C@@H](C[C@@H](C[C@H](O)/C(C)=C\[C@@H](CC)COCOCCOC)O[Si](C)(C)C(C)(C)C)C(C)(C)c1cccc(C[C@@H](OCOC)[C@H](OCOC)C(=O)OC)c1.[2H][2H]. The molecule has 0 bridgehead atoms. The molecule has 0 aromatic heterocycles. The molecular weight excluding hydrogens is 1520 g/mol. The van der Waals surface area contributed by atoms with E-state index in [1.165, 1.54) is 35.5 Å². The number of aliphatic hydroxyl groups excluding tert-OH is 2. The van der Waals surface area contributed by atoms with Gasteiger partial charge in [0.25, 0.3) is 0 Å². The first kappa shape index (κ1) is 111. The van der Waals surface area contributed by atoms with Gasteiger partial charge in [0.05, 0.1) is 71.2 Å². The van der Waals surface area contributed by atoms with Crippen molar-refractivity contribution in [3.63, 3.8) is 0 Å². The number of carbonyl (C=O) groups is 4. The first-order chi connectivity index (χ1) is 54.1. The minimum absolute atomic E-state index is 0. The number of rotatable bonds is 60. The van der Waals surface area contributed by atoms with Gasteiger partial charge < -0.3 is 105 Å². The van der Waals surface area contributed by atoms with Gasteiger partial charge in [0.1, 0.15) is 65.2 Å². The van der Waals surface area contributed by atoms with E-state index in [-0.39, 0.29) is 115 Å². The maximum atomic E-state index is 13.1. The smallest absolute Gasteiger partial charge is 0.337 e. The molecule has 0 aliphatic carbocycles. The lowest BCUT2D eigenvalue weighted by Gasteiger charge is -2.42. The third-order valence-corrected chi connectivity index (χ3v) is 30.3. The summed E-state index contributed by atoms with van der Waals surface area (Å²) in [6.07, 6.45) is 0.231. The Labute approximate surface area is 698 Å². The van der Waals surface area contributed by atoms with E-state index >= 15 is 0 Å². The minimum Gasteiger partial charge on any atom is -0.479 e. The van der Waals surface area contributed by atoms with Crippen molar-refractivity contribution in [3.8, 4) is 0 Å². The molecule has 0 radical (unpaired) electrons. The van der Waals surface area contributed by atoms with Crippen molar-refractivity contribution in [2.45, 2.75) is 298 Å². The van der Waals surface area contributed by atoms with Gasteiger partial charge in [0, 0.05) is 120 Å². The molecular formula is C87H160O26Si2. The van der Waals surface area contributed by atoms with Crippen LogP contribution in [0.3, 0.4) is 0 Å². The summed E-state index contributed by atoms with van der Waals surface area (Å²) in [4.78, 5) is 51.1. The largest absolute Gasteiger partial charge is 0.479 e. The maximum Gasteiger partial charge on any atom is 0.337 e. The number of benzene rings is 2. The summed E-state index contributed by atoms with van der Waals surface area (Å²) in [7, 11) is 5.65. The van der Waals surface area contributed by atoms with Gasteiger partial charge in [-0.25, -0.2) is 9.59 Å². The van der Waals surface area contributed by atoms with E-state index in [4.69, 9.17) is 92.3 Å². The van der Waals surface area contributed by atoms with E-state index in [0.29, 0.717) is 65.3 Å². The van der Waals surface area contributed by atoms with Gasteiger partial charge in [-0.1, -0.05) is 172 Å². The first-order valence-electron chi connectivity index (χ1n) is 40.8. The Morgan fingerprint density at radius 1 is 0.478 bits per heavy atom. The second-order valence-corrected chi connectivity index (χ2v) is 42.4. The molecule has 26 nitrogen and oxygen atoms in total. The number of ether oxygens (including phenoxy) is 17. The van der Waals surface area contributed by atoms with Crippen molar-refractivity contribution < 1.29 is 127 Å². The van der Waals surface area contributed by atoms with Gasteiger partial charge in [0.2, 0.25) is 0 Å². The van der Waals surface area contributed by atoms with E-state index in [2.05, 4.69) is 93.7 Å². The Morgan fingerprint density at radius 3 is 1.14 bits per heavy atom. The summed E-state index contributed by atoms with van der Waals surface area (Å²) in [6.45, 7) is 44.1. The number of carbonyl (C=O) groups excluding carboxylic acids is 3. The number of aliphatic hydroxyl groups is 2. The van der Waals surface area contributed by atoms with E-state index in [0.717, 1.165) is 46.2 Å². The highest BCUT2D eigenvalue weighted by molar-refractivity contribution is 6.74. The zero-order valence-electron chi connectivity index (χ0n) is 76.0. The Kier molecular flexibility index (Phi) is 56.2. The zero-order valence-corrected chi connectivity index (χ0v) is 76.0. The highest BCUT2D eigenvalue weighted by Crippen LogP contribution is 2.43. The monoisotopic (exact) mass is 1680 g/mol. The average Bonchev–Trinajstić information content (AvgIpc) is 0.797. The summed E-state index contributed by atoms with van der Waals surface area (Å²) in [6, 6.07) is 15.6. The van der Waals surface area contributed by atoms with Gasteiger partial charge in [-0.3, -0.25) is 9.59 Å². The van der Waals surface area contributed by atoms with Crippen LogP contribution in [0.25, 0.3) is 0 Å².